The summed E-state index contributed by atoms with van der Waals surface area (Å²) in [6.07, 6.45) is 1.84. The zero-order valence-corrected chi connectivity index (χ0v) is 10.7. The van der Waals surface area contributed by atoms with Gasteiger partial charge in [0, 0.05) is 19.8 Å². The molecule has 0 aliphatic heterocycles. The highest BCUT2D eigenvalue weighted by atomic mass is 16.5. The Morgan fingerprint density at radius 3 is 2.72 bits per heavy atom. The van der Waals surface area contributed by atoms with Gasteiger partial charge in [-0.15, -0.1) is 0 Å². The molecule has 2 aromatic heterocycles. The first-order chi connectivity index (χ1) is 8.72. The third-order valence-electron chi connectivity index (χ3n) is 2.17. The van der Waals surface area contributed by atoms with Gasteiger partial charge in [-0.1, -0.05) is 0 Å². The van der Waals surface area contributed by atoms with Crippen molar-refractivity contribution in [2.45, 2.75) is 13.8 Å². The molecule has 7 nitrogen and oxygen atoms in total. The SMILES string of the molecule is CCNc1nc(OCC)nc(-c2ccn(C)n2)n1. The van der Waals surface area contributed by atoms with Gasteiger partial charge in [-0.2, -0.15) is 20.1 Å². The van der Waals surface area contributed by atoms with Gasteiger partial charge in [0.2, 0.25) is 5.95 Å². The summed E-state index contributed by atoms with van der Waals surface area (Å²) in [6.45, 7) is 5.11. The van der Waals surface area contributed by atoms with Crippen LogP contribution in [0.2, 0.25) is 0 Å². The van der Waals surface area contributed by atoms with Crippen molar-refractivity contribution in [3.63, 3.8) is 0 Å². The number of anilines is 1. The maximum absolute atomic E-state index is 5.32. The molecule has 0 atom stereocenters. The van der Waals surface area contributed by atoms with Crippen LogP contribution in [0.4, 0.5) is 5.95 Å². The molecule has 0 aromatic carbocycles. The molecule has 0 aliphatic rings. The summed E-state index contributed by atoms with van der Waals surface area (Å²) < 4.78 is 7.03. The average molecular weight is 248 g/mol. The molecule has 2 heterocycles. The van der Waals surface area contributed by atoms with Crippen molar-refractivity contribution in [2.75, 3.05) is 18.5 Å². The summed E-state index contributed by atoms with van der Waals surface area (Å²) in [7, 11) is 1.85. The van der Waals surface area contributed by atoms with Gasteiger partial charge in [0.25, 0.3) is 0 Å². The molecule has 0 spiro atoms. The number of ether oxygens (including phenoxy) is 1. The van der Waals surface area contributed by atoms with Crippen LogP contribution in [-0.4, -0.2) is 37.9 Å². The van der Waals surface area contributed by atoms with E-state index in [-0.39, 0.29) is 0 Å². The Bertz CT molecular complexity index is 500. The number of hydrogen-bond donors (Lipinski definition) is 1. The van der Waals surface area contributed by atoms with Crippen LogP contribution in [-0.2, 0) is 7.05 Å². The molecule has 18 heavy (non-hydrogen) atoms. The van der Waals surface area contributed by atoms with Crippen molar-refractivity contribution in [1.29, 1.82) is 0 Å². The monoisotopic (exact) mass is 248 g/mol. The minimum Gasteiger partial charge on any atom is -0.464 e. The van der Waals surface area contributed by atoms with E-state index in [1.54, 1.807) is 4.68 Å². The lowest BCUT2D eigenvalue weighted by atomic mass is 10.4. The molecule has 0 unspecified atom stereocenters. The van der Waals surface area contributed by atoms with Gasteiger partial charge in [-0.3, -0.25) is 4.68 Å². The molecule has 0 fully saturated rings. The molecule has 96 valence electrons. The van der Waals surface area contributed by atoms with Crippen LogP contribution in [0.15, 0.2) is 12.3 Å². The van der Waals surface area contributed by atoms with Crippen LogP contribution >= 0.6 is 0 Å². The number of aromatic nitrogens is 5. The van der Waals surface area contributed by atoms with Gasteiger partial charge in [-0.05, 0) is 19.9 Å². The summed E-state index contributed by atoms with van der Waals surface area (Å²) in [5.74, 6) is 1.00. The van der Waals surface area contributed by atoms with E-state index in [0.717, 1.165) is 6.54 Å². The average Bonchev–Trinajstić information content (AvgIpc) is 2.76. The van der Waals surface area contributed by atoms with Crippen LogP contribution in [0.1, 0.15) is 13.8 Å². The standard InChI is InChI=1S/C11H16N6O/c1-4-12-10-13-9(8-6-7-17(3)16-8)14-11(15-10)18-5-2/h6-7H,4-5H2,1-3H3,(H,12,13,14,15). The van der Waals surface area contributed by atoms with Crippen LogP contribution in [0.25, 0.3) is 11.5 Å². The predicted octanol–water partition coefficient (Wildman–Crippen LogP) is 1.10. The number of rotatable bonds is 5. The number of hydrogen-bond acceptors (Lipinski definition) is 6. The lowest BCUT2D eigenvalue weighted by molar-refractivity contribution is 0.312. The van der Waals surface area contributed by atoms with Gasteiger partial charge in [0.1, 0.15) is 5.69 Å². The van der Waals surface area contributed by atoms with E-state index in [1.165, 1.54) is 0 Å². The zero-order valence-electron chi connectivity index (χ0n) is 10.7. The fourth-order valence-electron chi connectivity index (χ4n) is 1.44. The highest BCUT2D eigenvalue weighted by Crippen LogP contribution is 2.16. The van der Waals surface area contributed by atoms with E-state index in [1.807, 2.05) is 33.2 Å². The van der Waals surface area contributed by atoms with E-state index < -0.39 is 0 Å². The molecular formula is C11H16N6O. The highest BCUT2D eigenvalue weighted by molar-refractivity contribution is 5.50. The quantitative estimate of drug-likeness (QED) is 0.853. The Kier molecular flexibility index (Phi) is 3.71. The van der Waals surface area contributed by atoms with Gasteiger partial charge >= 0.3 is 6.01 Å². The Morgan fingerprint density at radius 1 is 1.28 bits per heavy atom. The van der Waals surface area contributed by atoms with Crippen molar-refractivity contribution in [3.8, 4) is 17.5 Å². The molecule has 0 radical (unpaired) electrons. The highest BCUT2D eigenvalue weighted by Gasteiger charge is 2.10. The number of nitrogens with zero attached hydrogens (tertiary/aromatic N) is 5. The van der Waals surface area contributed by atoms with E-state index >= 15 is 0 Å². The molecule has 2 rings (SSSR count). The maximum Gasteiger partial charge on any atom is 0.321 e. The minimum atomic E-state index is 0.309. The first-order valence-corrected chi connectivity index (χ1v) is 5.85. The fourth-order valence-corrected chi connectivity index (χ4v) is 1.44. The molecule has 0 aliphatic carbocycles. The third kappa shape index (κ3) is 2.73. The van der Waals surface area contributed by atoms with E-state index in [9.17, 15) is 0 Å². The minimum absolute atomic E-state index is 0.309. The van der Waals surface area contributed by atoms with Crippen molar-refractivity contribution in [3.05, 3.63) is 12.3 Å². The first-order valence-electron chi connectivity index (χ1n) is 5.85. The first kappa shape index (κ1) is 12.3. The molecule has 2 aromatic rings. The summed E-state index contributed by atoms with van der Waals surface area (Å²) in [5.41, 5.74) is 0.694. The second-order valence-corrected chi connectivity index (χ2v) is 3.60. The predicted molar refractivity (Wildman–Crippen MR) is 67.4 cm³/mol. The molecule has 0 saturated heterocycles. The maximum atomic E-state index is 5.32. The molecule has 0 saturated carbocycles. The second kappa shape index (κ2) is 5.44. The van der Waals surface area contributed by atoms with Gasteiger partial charge in [-0.25, -0.2) is 0 Å². The topological polar surface area (TPSA) is 77.8 Å². The molecule has 7 heteroatoms. The number of aryl methyl sites for hydroxylation is 1. The molecule has 1 N–H and O–H groups in total. The molecular weight excluding hydrogens is 232 g/mol. The van der Waals surface area contributed by atoms with Crippen LogP contribution < -0.4 is 10.1 Å². The van der Waals surface area contributed by atoms with Crippen LogP contribution in [0.3, 0.4) is 0 Å². The smallest absolute Gasteiger partial charge is 0.321 e. The Balaban J connectivity index is 2.39. The summed E-state index contributed by atoms with van der Waals surface area (Å²) in [6, 6.07) is 2.16. The van der Waals surface area contributed by atoms with Gasteiger partial charge in [0.05, 0.1) is 6.61 Å². The lowest BCUT2D eigenvalue weighted by Gasteiger charge is -2.06. The largest absolute Gasteiger partial charge is 0.464 e. The van der Waals surface area contributed by atoms with E-state index in [0.29, 0.717) is 30.1 Å². The van der Waals surface area contributed by atoms with Gasteiger partial charge in [0.15, 0.2) is 5.82 Å². The summed E-state index contributed by atoms with van der Waals surface area (Å²) in [5, 5.41) is 7.31. The van der Waals surface area contributed by atoms with Crippen LogP contribution in [0.5, 0.6) is 6.01 Å². The summed E-state index contributed by atoms with van der Waals surface area (Å²) >= 11 is 0. The van der Waals surface area contributed by atoms with Crippen molar-refractivity contribution in [2.24, 2.45) is 7.05 Å². The zero-order chi connectivity index (χ0) is 13.0. The Hall–Kier alpha value is -2.18. The second-order valence-electron chi connectivity index (χ2n) is 3.60. The van der Waals surface area contributed by atoms with Crippen molar-refractivity contribution in [1.82, 2.24) is 24.7 Å². The lowest BCUT2D eigenvalue weighted by Crippen LogP contribution is -2.07. The Labute approximate surface area is 105 Å². The van der Waals surface area contributed by atoms with E-state index in [4.69, 9.17) is 4.74 Å². The summed E-state index contributed by atoms with van der Waals surface area (Å²) in [4.78, 5) is 12.7. The van der Waals surface area contributed by atoms with Crippen LogP contribution in [0, 0.1) is 0 Å². The van der Waals surface area contributed by atoms with Gasteiger partial charge < -0.3 is 10.1 Å². The normalized spacial score (nSPS) is 10.4. The Morgan fingerprint density at radius 2 is 2.11 bits per heavy atom. The van der Waals surface area contributed by atoms with Crippen molar-refractivity contribution >= 4 is 5.95 Å². The van der Waals surface area contributed by atoms with E-state index in [2.05, 4.69) is 25.4 Å². The third-order valence-corrected chi connectivity index (χ3v) is 2.17. The van der Waals surface area contributed by atoms with Crippen molar-refractivity contribution < 1.29 is 4.74 Å². The number of nitrogens with one attached hydrogen (secondary N) is 1. The molecule has 0 amide bonds. The fraction of sp³-hybridized carbons (Fsp3) is 0.455. The molecule has 0 bridgehead atoms.